The van der Waals surface area contributed by atoms with Crippen molar-refractivity contribution in [1.82, 2.24) is 0 Å². The lowest BCUT2D eigenvalue weighted by atomic mass is 10.0. The summed E-state index contributed by atoms with van der Waals surface area (Å²) in [6.07, 6.45) is 0. The van der Waals surface area contributed by atoms with E-state index in [9.17, 15) is 0 Å². The highest BCUT2D eigenvalue weighted by atomic mass is 79.9. The van der Waals surface area contributed by atoms with Gasteiger partial charge in [0.05, 0.1) is 0 Å². The molecule has 0 radical (unpaired) electrons. The molecule has 0 bridgehead atoms. The van der Waals surface area contributed by atoms with Gasteiger partial charge in [0.15, 0.2) is 0 Å². The summed E-state index contributed by atoms with van der Waals surface area (Å²) in [6, 6.07) is 51.7. The molecule has 36 heavy (non-hydrogen) atoms. The second-order valence-corrected chi connectivity index (χ2v) is 9.75. The molecule has 0 saturated carbocycles. The fraction of sp³-hybridized carbons (Fsp3) is 0. The third-order valence-corrected chi connectivity index (χ3v) is 7.05. The highest BCUT2D eigenvalue weighted by Gasteiger charge is 2.13. The normalized spacial score (nSPS) is 10.9. The van der Waals surface area contributed by atoms with Gasteiger partial charge in [-0.05, 0) is 87.6 Å². The zero-order chi connectivity index (χ0) is 24.3. The highest BCUT2D eigenvalue weighted by molar-refractivity contribution is 9.10. The van der Waals surface area contributed by atoms with Crippen LogP contribution in [0.4, 0.5) is 17.1 Å². The van der Waals surface area contributed by atoms with Crippen molar-refractivity contribution in [2.45, 2.75) is 0 Å². The average molecular weight is 526 g/mol. The van der Waals surface area contributed by atoms with Gasteiger partial charge in [-0.1, -0.05) is 107 Å². The molecule has 0 aromatic heterocycles. The first-order valence-electron chi connectivity index (χ1n) is 12.0. The van der Waals surface area contributed by atoms with E-state index in [0.29, 0.717) is 0 Å². The van der Waals surface area contributed by atoms with Gasteiger partial charge in [0.25, 0.3) is 0 Å². The van der Waals surface area contributed by atoms with Crippen LogP contribution in [0, 0.1) is 0 Å². The predicted octanol–water partition coefficient (Wildman–Crippen LogP) is 10.4. The molecule has 0 aliphatic heterocycles. The van der Waals surface area contributed by atoms with Gasteiger partial charge in [-0.25, -0.2) is 0 Å². The molecule has 172 valence electrons. The molecule has 0 aliphatic carbocycles. The Labute approximate surface area is 220 Å². The molecule has 1 nitrogen and oxygen atoms in total. The van der Waals surface area contributed by atoms with Crippen molar-refractivity contribution < 1.29 is 0 Å². The van der Waals surface area contributed by atoms with Crippen LogP contribution >= 0.6 is 15.9 Å². The zero-order valence-electron chi connectivity index (χ0n) is 19.7. The molecule has 0 amide bonds. The Morgan fingerprint density at radius 1 is 0.361 bits per heavy atom. The first-order chi connectivity index (χ1) is 17.7. The second-order valence-electron chi connectivity index (χ2n) is 8.83. The first-order valence-corrected chi connectivity index (χ1v) is 12.8. The number of hydrogen-bond acceptors (Lipinski definition) is 1. The maximum absolute atomic E-state index is 3.58. The Morgan fingerprint density at radius 2 is 0.806 bits per heavy atom. The van der Waals surface area contributed by atoms with Gasteiger partial charge in [0.2, 0.25) is 0 Å². The van der Waals surface area contributed by atoms with Crippen LogP contribution < -0.4 is 4.90 Å². The van der Waals surface area contributed by atoms with Crippen molar-refractivity contribution in [3.05, 3.63) is 150 Å². The van der Waals surface area contributed by atoms with Crippen LogP contribution in [0.3, 0.4) is 0 Å². The molecule has 0 N–H and O–H groups in total. The van der Waals surface area contributed by atoms with E-state index in [2.05, 4.69) is 166 Å². The van der Waals surface area contributed by atoms with E-state index in [1.807, 2.05) is 0 Å². The van der Waals surface area contributed by atoms with Crippen molar-refractivity contribution in [3.63, 3.8) is 0 Å². The first kappa shape index (κ1) is 22.3. The molecule has 0 heterocycles. The zero-order valence-corrected chi connectivity index (χ0v) is 21.3. The number of hydrogen-bond donors (Lipinski definition) is 0. The number of halogens is 1. The molecule has 0 spiro atoms. The minimum Gasteiger partial charge on any atom is -0.311 e. The van der Waals surface area contributed by atoms with E-state index in [4.69, 9.17) is 0 Å². The fourth-order valence-corrected chi connectivity index (χ4v) is 4.91. The van der Waals surface area contributed by atoms with Crippen LogP contribution in [0.25, 0.3) is 33.0 Å². The molecular formula is C34H24BrN. The van der Waals surface area contributed by atoms with Crippen LogP contribution in [-0.4, -0.2) is 0 Å². The van der Waals surface area contributed by atoms with Gasteiger partial charge in [-0.3, -0.25) is 0 Å². The molecule has 6 rings (SSSR count). The number of anilines is 3. The van der Waals surface area contributed by atoms with Gasteiger partial charge < -0.3 is 4.90 Å². The molecule has 0 saturated heterocycles. The van der Waals surface area contributed by atoms with Gasteiger partial charge in [0.1, 0.15) is 0 Å². The monoisotopic (exact) mass is 525 g/mol. The van der Waals surface area contributed by atoms with E-state index in [0.717, 1.165) is 21.5 Å². The summed E-state index contributed by atoms with van der Waals surface area (Å²) in [7, 11) is 0. The quantitative estimate of drug-likeness (QED) is 0.216. The Hall–Kier alpha value is -4.14. The minimum atomic E-state index is 1.07. The molecule has 6 aromatic rings. The van der Waals surface area contributed by atoms with Crippen LogP contribution in [0.15, 0.2) is 150 Å². The van der Waals surface area contributed by atoms with E-state index in [1.54, 1.807) is 0 Å². The van der Waals surface area contributed by atoms with Crippen molar-refractivity contribution in [3.8, 4) is 22.3 Å². The van der Waals surface area contributed by atoms with E-state index >= 15 is 0 Å². The van der Waals surface area contributed by atoms with Crippen molar-refractivity contribution >= 4 is 43.8 Å². The summed E-state index contributed by atoms with van der Waals surface area (Å²) < 4.78 is 1.07. The summed E-state index contributed by atoms with van der Waals surface area (Å²) in [5.74, 6) is 0. The van der Waals surface area contributed by atoms with Crippen LogP contribution in [0.1, 0.15) is 0 Å². The lowest BCUT2D eigenvalue weighted by Gasteiger charge is -2.26. The molecular weight excluding hydrogens is 502 g/mol. The van der Waals surface area contributed by atoms with Gasteiger partial charge in [-0.2, -0.15) is 0 Å². The van der Waals surface area contributed by atoms with E-state index in [-0.39, 0.29) is 0 Å². The van der Waals surface area contributed by atoms with Crippen LogP contribution in [-0.2, 0) is 0 Å². The lowest BCUT2D eigenvalue weighted by Crippen LogP contribution is -2.09. The van der Waals surface area contributed by atoms with Crippen molar-refractivity contribution in [2.75, 3.05) is 4.90 Å². The number of benzene rings is 6. The summed E-state index contributed by atoms with van der Waals surface area (Å²) in [4.78, 5) is 2.30. The maximum Gasteiger partial charge on any atom is 0.0462 e. The number of fused-ring (bicyclic) bond motifs is 1. The molecule has 6 aromatic carbocycles. The maximum atomic E-state index is 3.58. The smallest absolute Gasteiger partial charge is 0.0462 e. The third kappa shape index (κ3) is 4.56. The standard InChI is InChI=1S/C34H24BrN/c35-31-16-22-34(23-17-31)36(32-18-12-27(13-19-32)25-6-2-1-3-7-25)33-20-14-28(15-21-33)30-11-10-26-8-4-5-9-29(26)24-30/h1-24H. The molecule has 0 unspecified atom stereocenters. The Morgan fingerprint density at radius 3 is 1.42 bits per heavy atom. The Bertz CT molecular complexity index is 1600. The topological polar surface area (TPSA) is 3.24 Å². The number of nitrogens with zero attached hydrogens (tertiary/aromatic N) is 1. The molecule has 0 fully saturated rings. The Kier molecular flexibility index (Phi) is 6.11. The summed E-state index contributed by atoms with van der Waals surface area (Å²) in [6.45, 7) is 0. The average Bonchev–Trinajstić information content (AvgIpc) is 2.95. The number of rotatable bonds is 5. The van der Waals surface area contributed by atoms with Crippen LogP contribution in [0.5, 0.6) is 0 Å². The SMILES string of the molecule is Brc1ccc(N(c2ccc(-c3ccccc3)cc2)c2ccc(-c3ccc4ccccc4c3)cc2)cc1. The van der Waals surface area contributed by atoms with E-state index in [1.165, 1.54) is 33.0 Å². The largest absolute Gasteiger partial charge is 0.311 e. The molecule has 2 heteroatoms. The second kappa shape index (κ2) is 9.85. The lowest BCUT2D eigenvalue weighted by molar-refractivity contribution is 1.28. The minimum absolute atomic E-state index is 1.07. The summed E-state index contributed by atoms with van der Waals surface area (Å²) in [5, 5.41) is 2.52. The summed E-state index contributed by atoms with van der Waals surface area (Å²) in [5.41, 5.74) is 8.22. The van der Waals surface area contributed by atoms with E-state index < -0.39 is 0 Å². The fourth-order valence-electron chi connectivity index (χ4n) is 4.64. The van der Waals surface area contributed by atoms with Crippen molar-refractivity contribution in [2.24, 2.45) is 0 Å². The Balaban J connectivity index is 1.37. The highest BCUT2D eigenvalue weighted by Crippen LogP contribution is 2.37. The van der Waals surface area contributed by atoms with Gasteiger partial charge in [-0.15, -0.1) is 0 Å². The third-order valence-electron chi connectivity index (χ3n) is 6.53. The van der Waals surface area contributed by atoms with Crippen LogP contribution in [0.2, 0.25) is 0 Å². The molecule has 0 atom stereocenters. The molecule has 0 aliphatic rings. The predicted molar refractivity (Wildman–Crippen MR) is 157 cm³/mol. The van der Waals surface area contributed by atoms with Gasteiger partial charge in [0, 0.05) is 21.5 Å². The van der Waals surface area contributed by atoms with Crippen molar-refractivity contribution in [1.29, 1.82) is 0 Å². The summed E-state index contributed by atoms with van der Waals surface area (Å²) >= 11 is 3.58. The van der Waals surface area contributed by atoms with Gasteiger partial charge >= 0.3 is 0 Å².